The number of allylic oxidation sites excluding steroid dienone is 6. The van der Waals surface area contributed by atoms with E-state index in [9.17, 15) is 34.8 Å². The number of esters is 2. The summed E-state index contributed by atoms with van der Waals surface area (Å²) in [5.74, 6) is -2.47. The molecule has 6 atom stereocenters. The molecule has 1 aliphatic rings. The maximum atomic E-state index is 12.8. The van der Waals surface area contributed by atoms with Crippen molar-refractivity contribution in [1.82, 2.24) is 0 Å². The van der Waals surface area contributed by atoms with E-state index in [0.717, 1.165) is 70.6 Å². The fourth-order valence-corrected chi connectivity index (χ4v) is 6.77. The Bertz CT molecular complexity index is 1110. The van der Waals surface area contributed by atoms with Crippen LogP contribution in [0.25, 0.3) is 0 Å². The van der Waals surface area contributed by atoms with Gasteiger partial charge in [-0.2, -0.15) is 0 Å². The lowest BCUT2D eigenvalue weighted by Crippen LogP contribution is -2.60. The number of carboxylic acid groups (broad SMARTS) is 1. The average Bonchev–Trinajstić information content (AvgIpc) is 3.21. The van der Waals surface area contributed by atoms with Crippen LogP contribution < -0.4 is 0 Å². The molecule has 1 rings (SSSR count). The second kappa shape index (κ2) is 37.4. The number of aliphatic carboxylic acids is 1. The van der Waals surface area contributed by atoms with Crippen LogP contribution >= 0.6 is 0 Å². The van der Waals surface area contributed by atoms with Crippen LogP contribution in [0.15, 0.2) is 36.5 Å². The van der Waals surface area contributed by atoms with Crippen LogP contribution in [0.3, 0.4) is 0 Å². The molecular weight excluding hydrogens is 741 g/mol. The van der Waals surface area contributed by atoms with Crippen LogP contribution in [-0.4, -0.2) is 88.4 Å². The van der Waals surface area contributed by atoms with Gasteiger partial charge in [-0.15, -0.1) is 0 Å². The van der Waals surface area contributed by atoms with Crippen molar-refractivity contribution in [2.45, 2.75) is 230 Å². The summed E-state index contributed by atoms with van der Waals surface area (Å²) in [7, 11) is 0. The van der Waals surface area contributed by atoms with Gasteiger partial charge in [0.25, 0.3) is 0 Å². The molecule has 4 N–H and O–H groups in total. The number of carboxylic acids is 1. The Kier molecular flexibility index (Phi) is 34.5. The molecule has 1 heterocycles. The third kappa shape index (κ3) is 28.8. The summed E-state index contributed by atoms with van der Waals surface area (Å²) < 4.78 is 21.7. The largest absolute Gasteiger partial charge is 0.479 e. The Morgan fingerprint density at radius 3 is 1.50 bits per heavy atom. The first-order chi connectivity index (χ1) is 28.2. The third-order valence-corrected chi connectivity index (χ3v) is 10.5. The number of ether oxygens (including phenoxy) is 4. The van der Waals surface area contributed by atoms with Crippen molar-refractivity contribution in [3.8, 4) is 0 Å². The maximum absolute atomic E-state index is 12.8. The minimum atomic E-state index is -1.86. The minimum Gasteiger partial charge on any atom is -0.479 e. The molecule has 0 saturated carbocycles. The van der Waals surface area contributed by atoms with Crippen LogP contribution in [0.2, 0.25) is 0 Å². The predicted octanol–water partition coefficient (Wildman–Crippen LogP) is 9.98. The number of aliphatic hydroxyl groups is 3. The summed E-state index contributed by atoms with van der Waals surface area (Å²) in [6.07, 6.45) is 33.3. The van der Waals surface area contributed by atoms with Crippen LogP contribution in [-0.2, 0) is 33.3 Å². The van der Waals surface area contributed by atoms with E-state index in [1.807, 2.05) is 0 Å². The van der Waals surface area contributed by atoms with Gasteiger partial charge >= 0.3 is 17.9 Å². The van der Waals surface area contributed by atoms with E-state index in [1.165, 1.54) is 83.5 Å². The van der Waals surface area contributed by atoms with Gasteiger partial charge in [0.05, 0.1) is 6.61 Å². The van der Waals surface area contributed by atoms with Crippen LogP contribution in [0.5, 0.6) is 0 Å². The molecule has 0 aliphatic carbocycles. The summed E-state index contributed by atoms with van der Waals surface area (Å²) in [5.41, 5.74) is 0. The Hall–Kier alpha value is -2.57. The molecule has 6 unspecified atom stereocenters. The molecule has 1 aliphatic heterocycles. The van der Waals surface area contributed by atoms with Gasteiger partial charge in [0.1, 0.15) is 24.9 Å². The van der Waals surface area contributed by atoms with E-state index in [1.54, 1.807) is 0 Å². The minimum absolute atomic E-state index is 0.175. The van der Waals surface area contributed by atoms with E-state index in [-0.39, 0.29) is 19.4 Å². The molecule has 0 bridgehead atoms. The maximum Gasteiger partial charge on any atom is 0.335 e. The van der Waals surface area contributed by atoms with Gasteiger partial charge in [0.15, 0.2) is 18.5 Å². The Morgan fingerprint density at radius 1 is 0.534 bits per heavy atom. The molecule has 1 saturated heterocycles. The first-order valence-electron chi connectivity index (χ1n) is 23.0. The summed E-state index contributed by atoms with van der Waals surface area (Å²) >= 11 is 0. The topological polar surface area (TPSA) is 169 Å². The van der Waals surface area contributed by atoms with Crippen molar-refractivity contribution in [1.29, 1.82) is 0 Å². The van der Waals surface area contributed by atoms with Gasteiger partial charge in [0, 0.05) is 12.8 Å². The molecule has 0 spiro atoms. The highest BCUT2D eigenvalue weighted by atomic mass is 16.7. The second-order valence-electron chi connectivity index (χ2n) is 15.9. The molecule has 0 aromatic heterocycles. The van der Waals surface area contributed by atoms with Crippen molar-refractivity contribution in [2.75, 3.05) is 13.2 Å². The summed E-state index contributed by atoms with van der Waals surface area (Å²) in [4.78, 5) is 36.8. The van der Waals surface area contributed by atoms with E-state index in [2.05, 4.69) is 50.3 Å². The average molecular weight is 823 g/mol. The van der Waals surface area contributed by atoms with Crippen LogP contribution in [0.1, 0.15) is 194 Å². The number of hydrogen-bond acceptors (Lipinski definition) is 10. The van der Waals surface area contributed by atoms with Gasteiger partial charge in [0.2, 0.25) is 0 Å². The molecule has 0 aromatic carbocycles. The van der Waals surface area contributed by atoms with Gasteiger partial charge in [-0.1, -0.05) is 153 Å². The number of aliphatic hydroxyl groups excluding tert-OH is 3. The molecular formula is C47H82O11. The van der Waals surface area contributed by atoms with Crippen LogP contribution in [0.4, 0.5) is 0 Å². The van der Waals surface area contributed by atoms with Crippen molar-refractivity contribution in [3.63, 3.8) is 0 Å². The monoisotopic (exact) mass is 823 g/mol. The van der Waals surface area contributed by atoms with Crippen LogP contribution in [0, 0.1) is 0 Å². The number of carbonyl (C=O) groups excluding carboxylic acids is 2. The highest BCUT2D eigenvalue weighted by Gasteiger charge is 2.47. The molecule has 11 nitrogen and oxygen atoms in total. The summed E-state index contributed by atoms with van der Waals surface area (Å²) in [5, 5.41) is 39.8. The smallest absolute Gasteiger partial charge is 0.335 e. The normalized spacial score (nSPS) is 20.3. The molecule has 336 valence electrons. The fraction of sp³-hybridized carbons (Fsp3) is 0.809. The lowest BCUT2D eigenvalue weighted by molar-refractivity contribution is -0.298. The first-order valence-corrected chi connectivity index (χ1v) is 23.0. The fourth-order valence-electron chi connectivity index (χ4n) is 6.77. The highest BCUT2D eigenvalue weighted by Crippen LogP contribution is 2.23. The van der Waals surface area contributed by atoms with Crippen molar-refractivity contribution in [2.24, 2.45) is 0 Å². The third-order valence-electron chi connectivity index (χ3n) is 10.5. The number of unbranched alkanes of at least 4 members (excludes halogenated alkanes) is 21. The predicted molar refractivity (Wildman–Crippen MR) is 229 cm³/mol. The Labute approximate surface area is 351 Å². The number of carbonyl (C=O) groups is 3. The SMILES string of the molecule is CCCC/C=C\C/C=C\CCCCCCCC(=O)OCC(COC1OC(C(=O)O)C(O)C(O)C1O)OC(=O)CCCCCCCCC/C=C\CCCCCCCCC. The van der Waals surface area contributed by atoms with Crippen molar-refractivity contribution >= 4 is 17.9 Å². The van der Waals surface area contributed by atoms with E-state index in [0.29, 0.717) is 12.8 Å². The Balaban J connectivity index is 2.37. The standard InChI is InChI=1S/C47H82O11/c1-3-5-7-9-11-13-15-17-19-20-21-22-24-26-28-30-32-34-36-41(49)57-39(38-56-47-44(52)42(50)43(51)45(58-47)46(53)54)37-55-40(48)35-33-31-29-27-25-23-18-16-14-12-10-8-6-4-2/h10,12,16,18-20,39,42-45,47,50-52H,3-9,11,13-15,17,21-38H2,1-2H3,(H,53,54)/b12-10-,18-16-,20-19-. The first kappa shape index (κ1) is 53.4. The van der Waals surface area contributed by atoms with Gasteiger partial charge in [-0.05, 0) is 64.2 Å². The molecule has 0 radical (unpaired) electrons. The highest BCUT2D eigenvalue weighted by molar-refractivity contribution is 5.73. The van der Waals surface area contributed by atoms with Crippen molar-refractivity contribution in [3.05, 3.63) is 36.5 Å². The van der Waals surface area contributed by atoms with Gasteiger partial charge in [-0.3, -0.25) is 9.59 Å². The summed E-state index contributed by atoms with van der Waals surface area (Å²) in [6.45, 7) is 3.76. The lowest BCUT2D eigenvalue weighted by atomic mass is 9.99. The molecule has 11 heteroatoms. The van der Waals surface area contributed by atoms with E-state index >= 15 is 0 Å². The van der Waals surface area contributed by atoms with Gasteiger partial charge in [-0.25, -0.2) is 4.79 Å². The quantitative estimate of drug-likeness (QED) is 0.0266. The zero-order valence-corrected chi connectivity index (χ0v) is 36.3. The van der Waals surface area contributed by atoms with Gasteiger partial charge < -0.3 is 39.4 Å². The zero-order valence-electron chi connectivity index (χ0n) is 36.3. The van der Waals surface area contributed by atoms with E-state index in [4.69, 9.17) is 18.9 Å². The summed E-state index contributed by atoms with van der Waals surface area (Å²) in [6, 6.07) is 0. The molecule has 0 amide bonds. The number of hydrogen-bond donors (Lipinski definition) is 4. The molecule has 58 heavy (non-hydrogen) atoms. The van der Waals surface area contributed by atoms with Crippen molar-refractivity contribution < 1.29 is 53.8 Å². The zero-order chi connectivity index (χ0) is 42.5. The number of rotatable bonds is 38. The Morgan fingerprint density at radius 2 is 0.983 bits per heavy atom. The molecule has 1 fully saturated rings. The lowest BCUT2D eigenvalue weighted by Gasteiger charge is -2.38. The second-order valence-corrected chi connectivity index (χ2v) is 15.9. The van der Waals surface area contributed by atoms with E-state index < -0.39 is 61.3 Å². The molecule has 0 aromatic rings.